The minimum absolute atomic E-state index is 0.288. The van der Waals surface area contributed by atoms with Crippen LogP contribution in [0.15, 0.2) is 42.5 Å². The summed E-state index contributed by atoms with van der Waals surface area (Å²) < 4.78 is 5.34. The fraction of sp³-hybridized carbons (Fsp3) is 0.545. The largest absolute Gasteiger partial charge is 0.444 e. The first-order chi connectivity index (χ1) is 19.4. The van der Waals surface area contributed by atoms with Crippen molar-refractivity contribution in [3.63, 3.8) is 0 Å². The lowest BCUT2D eigenvalue weighted by molar-refractivity contribution is -0.141. The van der Waals surface area contributed by atoms with E-state index in [9.17, 15) is 19.5 Å². The number of nitrogens with zero attached hydrogens (tertiary/aromatic N) is 1. The van der Waals surface area contributed by atoms with Crippen molar-refractivity contribution < 1.29 is 24.2 Å². The predicted molar refractivity (Wildman–Crippen MR) is 164 cm³/mol. The van der Waals surface area contributed by atoms with E-state index in [2.05, 4.69) is 17.6 Å². The maximum absolute atomic E-state index is 14.1. The third-order valence-corrected chi connectivity index (χ3v) is 6.85. The van der Waals surface area contributed by atoms with Crippen LogP contribution in [0.5, 0.6) is 0 Å². The smallest absolute Gasteiger partial charge is 0.408 e. The molecule has 0 aliphatic heterocycles. The molecule has 8 heteroatoms. The highest BCUT2D eigenvalue weighted by molar-refractivity contribution is 6.00. The molecule has 3 amide bonds. The Hall–Kier alpha value is -3.39. The van der Waals surface area contributed by atoms with Crippen LogP contribution in [0.1, 0.15) is 94.5 Å². The van der Waals surface area contributed by atoms with E-state index in [1.165, 1.54) is 4.90 Å². The second kappa shape index (κ2) is 16.2. The van der Waals surface area contributed by atoms with Crippen molar-refractivity contribution in [3.05, 3.63) is 64.7 Å². The SMILES string of the molecule is CCCCCCCCN(C(=O)C(CO)NC(=O)OC(C)(C)C)C(C(=O)Nc1c(C)cccc1C)c1cccc(C)c1. The molecular weight excluding hydrogens is 518 g/mol. The maximum atomic E-state index is 14.1. The zero-order valence-corrected chi connectivity index (χ0v) is 25.9. The Bertz CT molecular complexity index is 1140. The number of aliphatic hydroxyl groups excluding tert-OH is 1. The first-order valence-corrected chi connectivity index (χ1v) is 14.7. The van der Waals surface area contributed by atoms with Crippen LogP contribution in [-0.2, 0) is 14.3 Å². The molecule has 0 spiro atoms. The molecule has 2 atom stereocenters. The van der Waals surface area contributed by atoms with Gasteiger partial charge in [-0.25, -0.2) is 4.79 Å². The molecule has 0 fully saturated rings. The number of unbranched alkanes of at least 4 members (excludes halogenated alkanes) is 5. The lowest BCUT2D eigenvalue weighted by Gasteiger charge is -2.34. The van der Waals surface area contributed by atoms with Crippen LogP contribution in [0, 0.1) is 20.8 Å². The summed E-state index contributed by atoms with van der Waals surface area (Å²) in [6.45, 7) is 12.8. The highest BCUT2D eigenvalue weighted by Crippen LogP contribution is 2.28. The van der Waals surface area contributed by atoms with Gasteiger partial charge in [0.1, 0.15) is 17.7 Å². The second-order valence-electron chi connectivity index (χ2n) is 11.8. The van der Waals surface area contributed by atoms with Crippen LogP contribution >= 0.6 is 0 Å². The summed E-state index contributed by atoms with van der Waals surface area (Å²) in [7, 11) is 0. The van der Waals surface area contributed by atoms with Gasteiger partial charge in [-0.05, 0) is 64.7 Å². The normalized spacial score (nSPS) is 12.8. The van der Waals surface area contributed by atoms with Crippen molar-refractivity contribution in [3.8, 4) is 0 Å². The zero-order chi connectivity index (χ0) is 30.6. The van der Waals surface area contributed by atoms with Crippen LogP contribution in [-0.4, -0.2) is 52.7 Å². The average Bonchev–Trinajstić information content (AvgIpc) is 2.89. The van der Waals surface area contributed by atoms with Gasteiger partial charge in [-0.3, -0.25) is 9.59 Å². The lowest BCUT2D eigenvalue weighted by Crippen LogP contribution is -2.54. The number of ether oxygens (including phenoxy) is 1. The number of alkyl carbamates (subject to hydrolysis) is 1. The molecule has 0 radical (unpaired) electrons. The fourth-order valence-electron chi connectivity index (χ4n) is 4.78. The quantitative estimate of drug-likeness (QED) is 0.230. The molecule has 3 N–H and O–H groups in total. The highest BCUT2D eigenvalue weighted by Gasteiger charge is 2.36. The first-order valence-electron chi connectivity index (χ1n) is 14.7. The summed E-state index contributed by atoms with van der Waals surface area (Å²) in [4.78, 5) is 42.2. The van der Waals surface area contributed by atoms with Crippen LogP contribution in [0.25, 0.3) is 0 Å². The molecule has 8 nitrogen and oxygen atoms in total. The molecular formula is C33H49N3O5. The molecule has 0 saturated carbocycles. The van der Waals surface area contributed by atoms with Crippen molar-refractivity contribution in [1.82, 2.24) is 10.2 Å². The molecule has 2 aromatic carbocycles. The van der Waals surface area contributed by atoms with Gasteiger partial charge in [-0.2, -0.15) is 0 Å². The van der Waals surface area contributed by atoms with Crippen LogP contribution < -0.4 is 10.6 Å². The maximum Gasteiger partial charge on any atom is 0.408 e. The highest BCUT2D eigenvalue weighted by atomic mass is 16.6. The van der Waals surface area contributed by atoms with E-state index in [4.69, 9.17) is 4.74 Å². The zero-order valence-electron chi connectivity index (χ0n) is 25.9. The van der Waals surface area contributed by atoms with E-state index < -0.39 is 36.3 Å². The summed E-state index contributed by atoms with van der Waals surface area (Å²) >= 11 is 0. The second-order valence-corrected chi connectivity index (χ2v) is 11.8. The molecule has 0 bridgehead atoms. The van der Waals surface area contributed by atoms with Gasteiger partial charge < -0.3 is 25.4 Å². The van der Waals surface area contributed by atoms with Crippen LogP contribution in [0.4, 0.5) is 10.5 Å². The minimum Gasteiger partial charge on any atom is -0.444 e. The lowest BCUT2D eigenvalue weighted by atomic mass is 9.99. The summed E-state index contributed by atoms with van der Waals surface area (Å²) in [5.74, 6) is -0.906. The number of benzene rings is 2. The van der Waals surface area contributed by atoms with Gasteiger partial charge in [0, 0.05) is 12.2 Å². The summed E-state index contributed by atoms with van der Waals surface area (Å²) in [6, 6.07) is 11.1. The molecule has 41 heavy (non-hydrogen) atoms. The van der Waals surface area contributed by atoms with Crippen molar-refractivity contribution in [2.24, 2.45) is 0 Å². The summed E-state index contributed by atoms with van der Waals surface area (Å²) in [6.07, 6.45) is 5.19. The Morgan fingerprint density at radius 1 is 0.927 bits per heavy atom. The Morgan fingerprint density at radius 3 is 2.12 bits per heavy atom. The van der Waals surface area contributed by atoms with Gasteiger partial charge in [-0.1, -0.05) is 87.1 Å². The number of aliphatic hydroxyl groups is 1. The molecule has 0 saturated heterocycles. The predicted octanol–water partition coefficient (Wildman–Crippen LogP) is 6.37. The molecule has 2 unspecified atom stereocenters. The number of anilines is 1. The molecule has 2 rings (SSSR count). The van der Waals surface area contributed by atoms with Gasteiger partial charge in [0.2, 0.25) is 5.91 Å². The third-order valence-electron chi connectivity index (χ3n) is 6.85. The third kappa shape index (κ3) is 10.8. The topological polar surface area (TPSA) is 108 Å². The van der Waals surface area contributed by atoms with Gasteiger partial charge in [-0.15, -0.1) is 0 Å². The number of amides is 3. The molecule has 226 valence electrons. The minimum atomic E-state index is -1.27. The van der Waals surface area contributed by atoms with E-state index in [1.807, 2.05) is 63.2 Å². The number of hydrogen-bond acceptors (Lipinski definition) is 5. The monoisotopic (exact) mass is 567 g/mol. The first kappa shape index (κ1) is 33.8. The summed E-state index contributed by atoms with van der Waals surface area (Å²) in [5, 5.41) is 15.8. The summed E-state index contributed by atoms with van der Waals surface area (Å²) in [5.41, 5.74) is 3.35. The van der Waals surface area contributed by atoms with Gasteiger partial charge in [0.05, 0.1) is 6.61 Å². The number of carbonyl (C=O) groups is 3. The number of aryl methyl sites for hydroxylation is 3. The molecule has 0 aromatic heterocycles. The number of para-hydroxylation sites is 1. The Kier molecular flexibility index (Phi) is 13.3. The number of rotatable bonds is 14. The Balaban J connectivity index is 2.49. The van der Waals surface area contributed by atoms with E-state index in [0.29, 0.717) is 17.7 Å². The number of carbonyl (C=O) groups excluding carboxylic acids is 3. The van der Waals surface area contributed by atoms with Gasteiger partial charge in [0.25, 0.3) is 5.91 Å². The van der Waals surface area contributed by atoms with Crippen molar-refractivity contribution >= 4 is 23.6 Å². The Morgan fingerprint density at radius 2 is 1.54 bits per heavy atom. The van der Waals surface area contributed by atoms with Crippen LogP contribution in [0.2, 0.25) is 0 Å². The number of hydrogen-bond donors (Lipinski definition) is 3. The Labute approximate surface area is 245 Å². The van der Waals surface area contributed by atoms with Gasteiger partial charge in [0.15, 0.2) is 0 Å². The van der Waals surface area contributed by atoms with E-state index in [1.54, 1.807) is 20.8 Å². The van der Waals surface area contributed by atoms with Crippen LogP contribution in [0.3, 0.4) is 0 Å². The molecule has 2 aromatic rings. The van der Waals surface area contributed by atoms with Crippen molar-refractivity contribution in [2.75, 3.05) is 18.5 Å². The van der Waals surface area contributed by atoms with Gasteiger partial charge >= 0.3 is 6.09 Å². The molecule has 0 aliphatic rings. The van der Waals surface area contributed by atoms with Crippen molar-refractivity contribution in [1.29, 1.82) is 0 Å². The standard InChI is InChI=1S/C33H49N3O5/c1-8-9-10-11-12-13-20-36(31(39)27(22-37)34-32(40)41-33(5,6)7)29(26-19-14-16-23(2)21-26)30(38)35-28-24(3)17-15-18-25(28)4/h14-19,21,27,29,37H,8-13,20,22H2,1-7H3,(H,34,40)(H,35,38). The molecule has 0 aliphatic carbocycles. The number of nitrogens with one attached hydrogen (secondary N) is 2. The molecule has 0 heterocycles. The van der Waals surface area contributed by atoms with Crippen molar-refractivity contribution in [2.45, 2.75) is 105 Å². The van der Waals surface area contributed by atoms with E-state index in [0.717, 1.165) is 48.8 Å². The van der Waals surface area contributed by atoms with E-state index >= 15 is 0 Å². The van der Waals surface area contributed by atoms with E-state index in [-0.39, 0.29) is 12.5 Å². The average molecular weight is 568 g/mol. The fourth-order valence-corrected chi connectivity index (χ4v) is 4.78.